The zero-order valence-corrected chi connectivity index (χ0v) is 12.8. The monoisotopic (exact) mass is 303 g/mol. The van der Waals surface area contributed by atoms with Gasteiger partial charge in [-0.1, -0.05) is 0 Å². The van der Waals surface area contributed by atoms with Gasteiger partial charge in [0, 0.05) is 11.8 Å². The Morgan fingerprint density at radius 2 is 2.09 bits per heavy atom. The molecule has 0 N–H and O–H groups in total. The zero-order chi connectivity index (χ0) is 15.0. The molecule has 5 heteroatoms. The summed E-state index contributed by atoms with van der Waals surface area (Å²) in [5.41, 5.74) is 0.899. The third-order valence-electron chi connectivity index (χ3n) is 4.46. The van der Waals surface area contributed by atoms with Crippen LogP contribution >= 0.6 is 0 Å². The first-order chi connectivity index (χ1) is 10.8. The van der Waals surface area contributed by atoms with Crippen molar-refractivity contribution < 1.29 is 18.6 Å². The molecule has 3 heterocycles. The van der Waals surface area contributed by atoms with Gasteiger partial charge in [0.1, 0.15) is 17.1 Å². The van der Waals surface area contributed by atoms with Gasteiger partial charge in [0.2, 0.25) is 0 Å². The minimum atomic E-state index is -0.381. The number of hydrogen-bond acceptors (Lipinski definition) is 5. The Bertz CT molecular complexity index is 660. The van der Waals surface area contributed by atoms with Gasteiger partial charge < -0.3 is 18.6 Å². The fourth-order valence-corrected chi connectivity index (χ4v) is 3.44. The van der Waals surface area contributed by atoms with Crippen LogP contribution in [0.1, 0.15) is 18.6 Å². The van der Waals surface area contributed by atoms with Crippen molar-refractivity contribution in [3.05, 3.63) is 30.0 Å². The van der Waals surface area contributed by atoms with Crippen LogP contribution in [0.5, 0.6) is 5.75 Å². The molecule has 1 spiro atoms. The zero-order valence-electron chi connectivity index (χ0n) is 12.8. The number of hydrogen-bond donors (Lipinski definition) is 0. The average molecular weight is 303 g/mol. The summed E-state index contributed by atoms with van der Waals surface area (Å²) in [5.74, 6) is 1.44. The van der Waals surface area contributed by atoms with Crippen LogP contribution in [0.2, 0.25) is 0 Å². The lowest BCUT2D eigenvalue weighted by Crippen LogP contribution is -2.48. The van der Waals surface area contributed by atoms with Gasteiger partial charge in [-0.05, 0) is 37.2 Å². The summed E-state index contributed by atoms with van der Waals surface area (Å²) in [6, 6.07) is 7.98. The molecule has 118 valence electrons. The lowest BCUT2D eigenvalue weighted by molar-refractivity contribution is -0.190. The molecule has 22 heavy (non-hydrogen) atoms. The second kappa shape index (κ2) is 5.57. The van der Waals surface area contributed by atoms with Crippen molar-refractivity contribution in [2.75, 3.05) is 33.4 Å². The molecule has 2 aliphatic heterocycles. The highest BCUT2D eigenvalue weighted by Gasteiger charge is 2.40. The van der Waals surface area contributed by atoms with Gasteiger partial charge in [-0.15, -0.1) is 0 Å². The normalized spacial score (nSPS) is 21.7. The molecule has 0 amide bonds. The predicted octanol–water partition coefficient (Wildman–Crippen LogP) is 2.78. The summed E-state index contributed by atoms with van der Waals surface area (Å²) in [5, 5.41) is 1.08. The Morgan fingerprint density at radius 3 is 2.91 bits per heavy atom. The summed E-state index contributed by atoms with van der Waals surface area (Å²) in [4.78, 5) is 2.35. The summed E-state index contributed by atoms with van der Waals surface area (Å²) in [6.07, 6.45) is 2.08. The van der Waals surface area contributed by atoms with E-state index < -0.39 is 0 Å². The number of benzene rings is 1. The number of fused-ring (bicyclic) bond motifs is 1. The maximum Gasteiger partial charge on any atom is 0.181 e. The molecule has 0 unspecified atom stereocenters. The molecule has 2 saturated heterocycles. The quantitative estimate of drug-likeness (QED) is 0.872. The van der Waals surface area contributed by atoms with E-state index in [4.69, 9.17) is 18.6 Å². The minimum Gasteiger partial charge on any atom is -0.497 e. The van der Waals surface area contributed by atoms with Crippen LogP contribution in [0.4, 0.5) is 0 Å². The van der Waals surface area contributed by atoms with Crippen molar-refractivity contribution in [2.45, 2.75) is 25.2 Å². The Balaban J connectivity index is 1.50. The molecule has 1 aromatic heterocycles. The summed E-state index contributed by atoms with van der Waals surface area (Å²) >= 11 is 0. The lowest BCUT2D eigenvalue weighted by atomic mass is 10.0. The van der Waals surface area contributed by atoms with Crippen molar-refractivity contribution >= 4 is 11.0 Å². The van der Waals surface area contributed by atoms with Crippen molar-refractivity contribution in [3.63, 3.8) is 0 Å². The van der Waals surface area contributed by atoms with E-state index in [2.05, 4.69) is 11.0 Å². The number of methoxy groups -OCH3 is 1. The van der Waals surface area contributed by atoms with Crippen LogP contribution in [0, 0.1) is 0 Å². The minimum absolute atomic E-state index is 0.381. The number of ether oxygens (including phenoxy) is 3. The molecule has 2 aliphatic rings. The van der Waals surface area contributed by atoms with Gasteiger partial charge in [0.25, 0.3) is 0 Å². The maximum absolute atomic E-state index is 5.94. The summed E-state index contributed by atoms with van der Waals surface area (Å²) in [6.45, 7) is 4.06. The molecular formula is C17H21NO4. The second-order valence-electron chi connectivity index (χ2n) is 6.04. The van der Waals surface area contributed by atoms with E-state index in [0.717, 1.165) is 55.0 Å². The highest BCUT2D eigenvalue weighted by atomic mass is 16.7. The van der Waals surface area contributed by atoms with E-state index in [1.165, 1.54) is 0 Å². The van der Waals surface area contributed by atoms with Crippen LogP contribution in [0.15, 0.2) is 28.7 Å². The predicted molar refractivity (Wildman–Crippen MR) is 81.9 cm³/mol. The van der Waals surface area contributed by atoms with Crippen LogP contribution < -0.4 is 4.74 Å². The SMILES string of the molecule is COc1ccc2oc(CN3CCCC4(C3)OCCO4)cc2c1. The fraction of sp³-hybridized carbons (Fsp3) is 0.529. The van der Waals surface area contributed by atoms with Gasteiger partial charge in [0.15, 0.2) is 5.79 Å². The van der Waals surface area contributed by atoms with E-state index in [1.54, 1.807) is 7.11 Å². The van der Waals surface area contributed by atoms with E-state index in [-0.39, 0.29) is 5.79 Å². The Morgan fingerprint density at radius 1 is 1.23 bits per heavy atom. The first-order valence-corrected chi connectivity index (χ1v) is 7.83. The van der Waals surface area contributed by atoms with Crippen molar-refractivity contribution in [2.24, 2.45) is 0 Å². The van der Waals surface area contributed by atoms with E-state index in [1.807, 2.05) is 18.2 Å². The average Bonchev–Trinajstić information content (AvgIpc) is 3.13. The molecule has 5 nitrogen and oxygen atoms in total. The molecule has 0 bridgehead atoms. The van der Waals surface area contributed by atoms with Gasteiger partial charge in [-0.3, -0.25) is 4.90 Å². The van der Waals surface area contributed by atoms with Crippen LogP contribution in [0.25, 0.3) is 11.0 Å². The third-order valence-corrected chi connectivity index (χ3v) is 4.46. The summed E-state index contributed by atoms with van der Waals surface area (Å²) < 4.78 is 22.9. The van der Waals surface area contributed by atoms with E-state index in [9.17, 15) is 0 Å². The largest absolute Gasteiger partial charge is 0.497 e. The highest BCUT2D eigenvalue weighted by molar-refractivity contribution is 5.79. The van der Waals surface area contributed by atoms with Crippen LogP contribution in [-0.2, 0) is 16.0 Å². The summed E-state index contributed by atoms with van der Waals surface area (Å²) in [7, 11) is 1.68. The van der Waals surface area contributed by atoms with Gasteiger partial charge in [-0.25, -0.2) is 0 Å². The number of nitrogens with zero attached hydrogens (tertiary/aromatic N) is 1. The Kier molecular flexibility index (Phi) is 3.56. The maximum atomic E-state index is 5.94. The van der Waals surface area contributed by atoms with Crippen LogP contribution in [-0.4, -0.2) is 44.1 Å². The Labute approximate surface area is 129 Å². The topological polar surface area (TPSA) is 44.1 Å². The van der Waals surface area contributed by atoms with E-state index in [0.29, 0.717) is 13.2 Å². The van der Waals surface area contributed by atoms with E-state index >= 15 is 0 Å². The van der Waals surface area contributed by atoms with Crippen molar-refractivity contribution in [1.29, 1.82) is 0 Å². The molecular weight excluding hydrogens is 282 g/mol. The fourth-order valence-electron chi connectivity index (χ4n) is 3.44. The number of piperidine rings is 1. The third kappa shape index (κ3) is 2.60. The molecule has 2 fully saturated rings. The molecule has 0 saturated carbocycles. The lowest BCUT2D eigenvalue weighted by Gasteiger charge is -2.38. The molecule has 1 aromatic carbocycles. The number of likely N-dealkylation sites (tertiary alicyclic amines) is 1. The van der Waals surface area contributed by atoms with Crippen molar-refractivity contribution in [1.82, 2.24) is 4.90 Å². The first-order valence-electron chi connectivity index (χ1n) is 7.83. The molecule has 2 aromatic rings. The standard InChI is InChI=1S/C17H21NO4/c1-19-14-3-4-16-13(9-14)10-15(22-16)11-18-6-2-5-17(12-18)20-7-8-21-17/h3-4,9-10H,2,5-8,11-12H2,1H3. The van der Waals surface area contributed by atoms with Gasteiger partial charge >= 0.3 is 0 Å². The molecule has 0 radical (unpaired) electrons. The second-order valence-corrected chi connectivity index (χ2v) is 6.04. The van der Waals surface area contributed by atoms with Gasteiger partial charge in [-0.2, -0.15) is 0 Å². The Hall–Kier alpha value is -1.56. The molecule has 0 atom stereocenters. The van der Waals surface area contributed by atoms with Crippen LogP contribution in [0.3, 0.4) is 0 Å². The van der Waals surface area contributed by atoms with Gasteiger partial charge in [0.05, 0.1) is 33.4 Å². The number of rotatable bonds is 3. The molecule has 4 rings (SSSR count). The highest BCUT2D eigenvalue weighted by Crippen LogP contribution is 2.31. The smallest absolute Gasteiger partial charge is 0.181 e. The first kappa shape index (κ1) is 14.1. The van der Waals surface area contributed by atoms with Crippen molar-refractivity contribution in [3.8, 4) is 5.75 Å². The number of furan rings is 1. The molecule has 0 aliphatic carbocycles.